The molecule has 0 aliphatic carbocycles. The summed E-state index contributed by atoms with van der Waals surface area (Å²) >= 11 is 1.24. The minimum absolute atomic E-state index is 0.0922. The number of hydrogen-bond acceptors (Lipinski definition) is 5. The summed E-state index contributed by atoms with van der Waals surface area (Å²) in [5.74, 6) is 0.700. The molecule has 6 nitrogen and oxygen atoms in total. The van der Waals surface area contributed by atoms with Crippen LogP contribution in [0.1, 0.15) is 38.7 Å². The largest absolute Gasteiger partial charge is 0.410 e. The molecule has 1 amide bonds. The monoisotopic (exact) mass is 370 g/mol. The number of hydrogen-bond donors (Lipinski definition) is 2. The zero-order valence-electron chi connectivity index (χ0n) is 15.0. The van der Waals surface area contributed by atoms with Crippen molar-refractivity contribution in [1.29, 1.82) is 0 Å². The van der Waals surface area contributed by atoms with Crippen molar-refractivity contribution in [3.05, 3.63) is 48.2 Å². The molecular weight excluding hydrogens is 348 g/mol. The van der Waals surface area contributed by atoms with Crippen LogP contribution in [-0.2, 0) is 4.79 Å². The number of nitrogens with one attached hydrogen (secondary N) is 2. The minimum atomic E-state index is -0.364. The third kappa shape index (κ3) is 4.16. The van der Waals surface area contributed by atoms with E-state index in [0.29, 0.717) is 17.0 Å². The van der Waals surface area contributed by atoms with Gasteiger partial charge in [0.15, 0.2) is 0 Å². The van der Waals surface area contributed by atoms with Gasteiger partial charge in [0.25, 0.3) is 11.1 Å². The number of rotatable bonds is 7. The number of aromatic amines is 1. The first-order valence-corrected chi connectivity index (χ1v) is 9.50. The first-order chi connectivity index (χ1) is 12.6. The molecule has 0 unspecified atom stereocenters. The van der Waals surface area contributed by atoms with E-state index in [2.05, 4.69) is 40.4 Å². The van der Waals surface area contributed by atoms with E-state index in [4.69, 9.17) is 4.42 Å². The molecule has 2 atom stereocenters. The minimum Gasteiger partial charge on any atom is -0.410 e. The number of H-pyrrole nitrogens is 1. The summed E-state index contributed by atoms with van der Waals surface area (Å²) in [7, 11) is 0. The van der Waals surface area contributed by atoms with Crippen molar-refractivity contribution < 1.29 is 9.21 Å². The Morgan fingerprint density at radius 2 is 2.04 bits per heavy atom. The van der Waals surface area contributed by atoms with E-state index in [1.165, 1.54) is 11.8 Å². The number of para-hydroxylation sites is 1. The molecule has 0 radical (unpaired) electrons. The maximum atomic E-state index is 12.6. The molecule has 136 valence electrons. The van der Waals surface area contributed by atoms with E-state index in [0.717, 1.165) is 23.4 Å². The second-order valence-electron chi connectivity index (χ2n) is 6.10. The van der Waals surface area contributed by atoms with E-state index >= 15 is 0 Å². The molecular formula is C19H22N4O2S. The highest BCUT2D eigenvalue weighted by molar-refractivity contribution is 8.00. The standard InChI is InChI=1S/C19H22N4O2S/c1-4-12(2)14-8-5-6-9-15(14)21-17(24)13(3)26-19-23-22-18(25-19)16-10-7-11-20-16/h5-13,20H,4H2,1-3H3,(H,21,24)/t12-,13-/m0/s1. The fourth-order valence-corrected chi connectivity index (χ4v) is 3.21. The lowest BCUT2D eigenvalue weighted by molar-refractivity contribution is -0.115. The third-order valence-electron chi connectivity index (χ3n) is 4.24. The fraction of sp³-hybridized carbons (Fsp3) is 0.316. The molecule has 0 aliphatic rings. The molecule has 26 heavy (non-hydrogen) atoms. The van der Waals surface area contributed by atoms with Gasteiger partial charge in [0, 0.05) is 11.9 Å². The molecule has 0 fully saturated rings. The number of benzene rings is 1. The van der Waals surface area contributed by atoms with Gasteiger partial charge in [-0.2, -0.15) is 0 Å². The maximum absolute atomic E-state index is 12.6. The van der Waals surface area contributed by atoms with Crippen LogP contribution >= 0.6 is 11.8 Å². The van der Waals surface area contributed by atoms with E-state index in [1.54, 1.807) is 6.20 Å². The summed E-state index contributed by atoms with van der Waals surface area (Å²) in [5, 5.41) is 11.0. The van der Waals surface area contributed by atoms with Crippen LogP contribution in [0, 0.1) is 0 Å². The van der Waals surface area contributed by atoms with Crippen molar-refractivity contribution in [1.82, 2.24) is 15.2 Å². The summed E-state index contributed by atoms with van der Waals surface area (Å²) in [4.78, 5) is 15.6. The van der Waals surface area contributed by atoms with Crippen molar-refractivity contribution >= 4 is 23.4 Å². The molecule has 0 spiro atoms. The Morgan fingerprint density at radius 1 is 1.23 bits per heavy atom. The van der Waals surface area contributed by atoms with Crippen LogP contribution in [0.15, 0.2) is 52.2 Å². The second-order valence-corrected chi connectivity index (χ2v) is 7.39. The quantitative estimate of drug-likeness (QED) is 0.589. The van der Waals surface area contributed by atoms with Gasteiger partial charge in [-0.05, 0) is 43.0 Å². The molecule has 2 N–H and O–H groups in total. The van der Waals surface area contributed by atoms with E-state index in [9.17, 15) is 4.79 Å². The fourth-order valence-electron chi connectivity index (χ4n) is 2.53. The maximum Gasteiger partial charge on any atom is 0.277 e. The van der Waals surface area contributed by atoms with Crippen molar-refractivity contribution in [3.63, 3.8) is 0 Å². The lowest BCUT2D eigenvalue weighted by Crippen LogP contribution is -2.23. The van der Waals surface area contributed by atoms with Crippen LogP contribution in [0.2, 0.25) is 0 Å². The van der Waals surface area contributed by atoms with Gasteiger partial charge in [0.05, 0.1) is 5.25 Å². The van der Waals surface area contributed by atoms with Gasteiger partial charge in [-0.25, -0.2) is 0 Å². The number of amides is 1. The van der Waals surface area contributed by atoms with Gasteiger partial charge in [-0.1, -0.05) is 43.8 Å². The number of aromatic nitrogens is 3. The normalized spacial score (nSPS) is 13.3. The highest BCUT2D eigenvalue weighted by Crippen LogP contribution is 2.29. The third-order valence-corrected chi connectivity index (χ3v) is 5.18. The zero-order chi connectivity index (χ0) is 18.5. The molecule has 0 saturated carbocycles. The average Bonchev–Trinajstić information content (AvgIpc) is 3.33. The summed E-state index contributed by atoms with van der Waals surface area (Å²) in [5.41, 5.74) is 2.76. The topological polar surface area (TPSA) is 83.8 Å². The SMILES string of the molecule is CC[C@H](C)c1ccccc1NC(=O)[C@H](C)Sc1nnc(-c2ccc[nH]2)o1. The summed E-state index contributed by atoms with van der Waals surface area (Å²) in [6.45, 7) is 6.12. The molecule has 3 rings (SSSR count). The second kappa shape index (κ2) is 8.23. The number of anilines is 1. The van der Waals surface area contributed by atoms with E-state index in [1.807, 2.05) is 37.3 Å². The molecule has 2 heterocycles. The smallest absolute Gasteiger partial charge is 0.277 e. The highest BCUT2D eigenvalue weighted by Gasteiger charge is 2.20. The van der Waals surface area contributed by atoms with Crippen molar-refractivity contribution in [2.24, 2.45) is 0 Å². The van der Waals surface area contributed by atoms with Crippen LogP contribution in [0.3, 0.4) is 0 Å². The van der Waals surface area contributed by atoms with Crippen molar-refractivity contribution in [2.45, 2.75) is 43.6 Å². The van der Waals surface area contributed by atoms with Gasteiger partial charge in [0.2, 0.25) is 5.91 Å². The molecule has 1 aromatic carbocycles. The van der Waals surface area contributed by atoms with E-state index < -0.39 is 0 Å². The zero-order valence-corrected chi connectivity index (χ0v) is 15.8. The first kappa shape index (κ1) is 18.3. The average molecular weight is 370 g/mol. The van der Waals surface area contributed by atoms with Crippen LogP contribution < -0.4 is 5.32 Å². The lowest BCUT2D eigenvalue weighted by atomic mass is 9.97. The Bertz CT molecular complexity index is 860. The molecule has 3 aromatic rings. The molecule has 0 aliphatic heterocycles. The lowest BCUT2D eigenvalue weighted by Gasteiger charge is -2.17. The number of thioether (sulfide) groups is 1. The van der Waals surface area contributed by atoms with Gasteiger partial charge < -0.3 is 14.7 Å². The predicted molar refractivity (Wildman–Crippen MR) is 103 cm³/mol. The van der Waals surface area contributed by atoms with E-state index in [-0.39, 0.29) is 11.2 Å². The molecule has 7 heteroatoms. The predicted octanol–water partition coefficient (Wildman–Crippen LogP) is 4.70. The van der Waals surface area contributed by atoms with Gasteiger partial charge in [-0.15, -0.1) is 10.2 Å². The van der Waals surface area contributed by atoms with Crippen LogP contribution in [0.25, 0.3) is 11.6 Å². The summed E-state index contributed by atoms with van der Waals surface area (Å²) < 4.78 is 5.61. The Kier molecular flexibility index (Phi) is 5.78. The van der Waals surface area contributed by atoms with Crippen molar-refractivity contribution in [3.8, 4) is 11.6 Å². The van der Waals surface area contributed by atoms with Crippen molar-refractivity contribution in [2.75, 3.05) is 5.32 Å². The van der Waals surface area contributed by atoms with Gasteiger partial charge in [0.1, 0.15) is 5.69 Å². The molecule has 0 saturated heterocycles. The Balaban J connectivity index is 1.66. The summed E-state index contributed by atoms with van der Waals surface area (Å²) in [6, 6.07) is 11.6. The Labute approximate surface area is 156 Å². The van der Waals surface area contributed by atoms with Crippen LogP contribution in [-0.4, -0.2) is 26.3 Å². The number of nitrogens with zero attached hydrogens (tertiary/aromatic N) is 2. The number of carbonyl (C=O) groups excluding carboxylic acids is 1. The summed E-state index contributed by atoms with van der Waals surface area (Å²) in [6.07, 6.45) is 2.80. The first-order valence-electron chi connectivity index (χ1n) is 8.62. The Morgan fingerprint density at radius 3 is 2.77 bits per heavy atom. The van der Waals surface area contributed by atoms with Crippen LogP contribution in [0.4, 0.5) is 5.69 Å². The van der Waals surface area contributed by atoms with Gasteiger partial charge >= 0.3 is 0 Å². The molecule has 2 aromatic heterocycles. The Hall–Kier alpha value is -2.54. The highest BCUT2D eigenvalue weighted by atomic mass is 32.2. The van der Waals surface area contributed by atoms with Crippen LogP contribution in [0.5, 0.6) is 0 Å². The van der Waals surface area contributed by atoms with Gasteiger partial charge in [-0.3, -0.25) is 4.79 Å². The number of carbonyl (C=O) groups is 1. The molecule has 0 bridgehead atoms.